The van der Waals surface area contributed by atoms with Crippen LogP contribution in [0.15, 0.2) is 18.2 Å². The molecule has 0 aliphatic heterocycles. The van der Waals surface area contributed by atoms with Crippen LogP contribution in [0.3, 0.4) is 0 Å². The van der Waals surface area contributed by atoms with Gasteiger partial charge in [0.25, 0.3) is 0 Å². The highest BCUT2D eigenvalue weighted by molar-refractivity contribution is 5.45. The summed E-state index contributed by atoms with van der Waals surface area (Å²) in [5, 5.41) is 0. The summed E-state index contributed by atoms with van der Waals surface area (Å²) >= 11 is 0. The molecule has 0 bridgehead atoms. The molecule has 0 aliphatic rings. The van der Waals surface area contributed by atoms with Crippen LogP contribution in [0, 0.1) is 6.92 Å². The highest BCUT2D eigenvalue weighted by atomic mass is 16.5. The number of nitrogens with two attached hydrogens (primary N) is 2. The third-order valence-corrected chi connectivity index (χ3v) is 2.05. The van der Waals surface area contributed by atoms with E-state index in [0.717, 1.165) is 16.8 Å². The van der Waals surface area contributed by atoms with Gasteiger partial charge in [-0.1, -0.05) is 6.07 Å². The van der Waals surface area contributed by atoms with Gasteiger partial charge in [0, 0.05) is 12.8 Å². The SMILES string of the molecule is COCC(N)c1cc(N)ccc1C. The zero-order valence-electron chi connectivity index (χ0n) is 8.08. The fraction of sp³-hybridized carbons (Fsp3) is 0.400. The lowest BCUT2D eigenvalue weighted by Crippen LogP contribution is -2.17. The third-order valence-electron chi connectivity index (χ3n) is 2.05. The van der Waals surface area contributed by atoms with Gasteiger partial charge in [0.05, 0.1) is 12.6 Å². The van der Waals surface area contributed by atoms with Crippen LogP contribution < -0.4 is 11.5 Å². The second kappa shape index (κ2) is 4.25. The van der Waals surface area contributed by atoms with E-state index in [4.69, 9.17) is 16.2 Å². The Hall–Kier alpha value is -1.06. The van der Waals surface area contributed by atoms with Crippen molar-refractivity contribution in [3.8, 4) is 0 Å². The van der Waals surface area contributed by atoms with E-state index in [9.17, 15) is 0 Å². The van der Waals surface area contributed by atoms with Crippen LogP contribution in [0.4, 0.5) is 5.69 Å². The number of hydrogen-bond acceptors (Lipinski definition) is 3. The maximum Gasteiger partial charge on any atom is 0.0655 e. The summed E-state index contributed by atoms with van der Waals surface area (Å²) in [5.41, 5.74) is 14.5. The first kappa shape index (κ1) is 10.0. The van der Waals surface area contributed by atoms with Crippen molar-refractivity contribution >= 4 is 5.69 Å². The lowest BCUT2D eigenvalue weighted by Gasteiger charge is -2.14. The monoisotopic (exact) mass is 180 g/mol. The molecule has 72 valence electrons. The second-order valence-electron chi connectivity index (χ2n) is 3.18. The van der Waals surface area contributed by atoms with Crippen molar-refractivity contribution in [1.29, 1.82) is 0 Å². The Bertz CT molecular complexity index is 286. The molecule has 13 heavy (non-hydrogen) atoms. The summed E-state index contributed by atoms with van der Waals surface area (Å²) in [7, 11) is 1.64. The summed E-state index contributed by atoms with van der Waals surface area (Å²) in [5.74, 6) is 0. The van der Waals surface area contributed by atoms with Crippen molar-refractivity contribution in [3.05, 3.63) is 29.3 Å². The first-order valence-corrected chi connectivity index (χ1v) is 4.25. The average Bonchev–Trinajstić information content (AvgIpc) is 2.09. The smallest absolute Gasteiger partial charge is 0.0655 e. The summed E-state index contributed by atoms with van der Waals surface area (Å²) in [4.78, 5) is 0. The molecular weight excluding hydrogens is 164 g/mol. The molecule has 0 fully saturated rings. The molecule has 0 spiro atoms. The van der Waals surface area contributed by atoms with E-state index in [2.05, 4.69) is 0 Å². The molecule has 0 aliphatic carbocycles. The number of rotatable bonds is 3. The molecule has 4 N–H and O–H groups in total. The van der Waals surface area contributed by atoms with Gasteiger partial charge in [-0.25, -0.2) is 0 Å². The number of ether oxygens (including phenoxy) is 1. The van der Waals surface area contributed by atoms with Gasteiger partial charge in [-0.3, -0.25) is 0 Å². The molecule has 0 saturated heterocycles. The third kappa shape index (κ3) is 2.44. The summed E-state index contributed by atoms with van der Waals surface area (Å²) in [6.45, 7) is 2.54. The average molecular weight is 180 g/mol. The van der Waals surface area contributed by atoms with Crippen molar-refractivity contribution in [1.82, 2.24) is 0 Å². The van der Waals surface area contributed by atoms with Gasteiger partial charge >= 0.3 is 0 Å². The quantitative estimate of drug-likeness (QED) is 0.687. The Morgan fingerprint density at radius 3 is 2.77 bits per heavy atom. The Morgan fingerprint density at radius 2 is 2.15 bits per heavy atom. The highest BCUT2D eigenvalue weighted by Gasteiger charge is 2.08. The fourth-order valence-corrected chi connectivity index (χ4v) is 1.33. The van der Waals surface area contributed by atoms with E-state index in [1.807, 2.05) is 25.1 Å². The Kier molecular flexibility index (Phi) is 3.28. The van der Waals surface area contributed by atoms with Crippen LogP contribution in [-0.2, 0) is 4.74 Å². The minimum Gasteiger partial charge on any atom is -0.399 e. The molecule has 0 radical (unpaired) electrons. The number of aryl methyl sites for hydroxylation is 1. The number of nitrogen functional groups attached to an aromatic ring is 1. The molecule has 3 nitrogen and oxygen atoms in total. The Labute approximate surface area is 78.7 Å². The van der Waals surface area contributed by atoms with Gasteiger partial charge in [-0.05, 0) is 30.2 Å². The van der Waals surface area contributed by atoms with Crippen LogP contribution in [0.2, 0.25) is 0 Å². The van der Waals surface area contributed by atoms with Gasteiger partial charge in [0.2, 0.25) is 0 Å². The predicted octanol–water partition coefficient (Wildman–Crippen LogP) is 1.22. The summed E-state index contributed by atoms with van der Waals surface area (Å²) < 4.78 is 4.99. The topological polar surface area (TPSA) is 61.3 Å². The minimum atomic E-state index is -0.0894. The van der Waals surface area contributed by atoms with E-state index < -0.39 is 0 Å². The van der Waals surface area contributed by atoms with Gasteiger partial charge in [0.1, 0.15) is 0 Å². The number of benzene rings is 1. The van der Waals surface area contributed by atoms with Gasteiger partial charge < -0.3 is 16.2 Å². The molecule has 1 aromatic rings. The zero-order valence-corrected chi connectivity index (χ0v) is 8.08. The number of hydrogen-bond donors (Lipinski definition) is 2. The van der Waals surface area contributed by atoms with E-state index in [0.29, 0.717) is 6.61 Å². The largest absolute Gasteiger partial charge is 0.399 e. The normalized spacial score (nSPS) is 12.8. The number of methoxy groups -OCH3 is 1. The first-order chi connectivity index (χ1) is 6.15. The van der Waals surface area contributed by atoms with Crippen LogP contribution in [-0.4, -0.2) is 13.7 Å². The summed E-state index contributed by atoms with van der Waals surface area (Å²) in [6.07, 6.45) is 0. The van der Waals surface area contributed by atoms with Gasteiger partial charge in [-0.2, -0.15) is 0 Å². The van der Waals surface area contributed by atoms with Crippen LogP contribution in [0.5, 0.6) is 0 Å². The molecule has 0 amide bonds. The predicted molar refractivity (Wildman–Crippen MR) is 54.4 cm³/mol. The Balaban J connectivity index is 2.91. The molecule has 1 atom stereocenters. The van der Waals surface area contributed by atoms with Crippen LogP contribution in [0.25, 0.3) is 0 Å². The Morgan fingerprint density at radius 1 is 1.46 bits per heavy atom. The van der Waals surface area contributed by atoms with E-state index in [1.165, 1.54) is 0 Å². The summed E-state index contributed by atoms with van der Waals surface area (Å²) in [6, 6.07) is 5.66. The minimum absolute atomic E-state index is 0.0894. The van der Waals surface area contributed by atoms with Crippen molar-refractivity contribution in [2.24, 2.45) is 5.73 Å². The molecule has 0 aromatic heterocycles. The molecular formula is C10H16N2O. The highest BCUT2D eigenvalue weighted by Crippen LogP contribution is 2.18. The molecule has 1 rings (SSSR count). The molecule has 1 aromatic carbocycles. The second-order valence-corrected chi connectivity index (χ2v) is 3.18. The maximum atomic E-state index is 5.89. The van der Waals surface area contributed by atoms with E-state index in [1.54, 1.807) is 7.11 Å². The molecule has 3 heteroatoms. The van der Waals surface area contributed by atoms with Gasteiger partial charge in [0.15, 0.2) is 0 Å². The first-order valence-electron chi connectivity index (χ1n) is 4.25. The van der Waals surface area contributed by atoms with Crippen molar-refractivity contribution < 1.29 is 4.74 Å². The van der Waals surface area contributed by atoms with Crippen molar-refractivity contribution in [2.45, 2.75) is 13.0 Å². The van der Waals surface area contributed by atoms with Crippen molar-refractivity contribution in [2.75, 3.05) is 19.5 Å². The lowest BCUT2D eigenvalue weighted by atomic mass is 10.0. The van der Waals surface area contributed by atoms with E-state index >= 15 is 0 Å². The van der Waals surface area contributed by atoms with Crippen molar-refractivity contribution in [3.63, 3.8) is 0 Å². The maximum absolute atomic E-state index is 5.89. The standard InChI is InChI=1S/C10H16N2O/c1-7-3-4-8(11)5-9(7)10(12)6-13-2/h3-5,10H,6,11-12H2,1-2H3. The van der Waals surface area contributed by atoms with Crippen LogP contribution in [0.1, 0.15) is 17.2 Å². The van der Waals surface area contributed by atoms with Crippen LogP contribution >= 0.6 is 0 Å². The van der Waals surface area contributed by atoms with Gasteiger partial charge in [-0.15, -0.1) is 0 Å². The molecule has 0 heterocycles. The molecule has 1 unspecified atom stereocenters. The zero-order chi connectivity index (χ0) is 9.84. The lowest BCUT2D eigenvalue weighted by molar-refractivity contribution is 0.180. The fourth-order valence-electron chi connectivity index (χ4n) is 1.33. The number of anilines is 1. The van der Waals surface area contributed by atoms with E-state index in [-0.39, 0.29) is 6.04 Å². The molecule has 0 saturated carbocycles.